The Bertz CT molecular complexity index is 436. The molecule has 2 fully saturated rings. The van der Waals surface area contributed by atoms with Crippen molar-refractivity contribution in [1.82, 2.24) is 10.2 Å². The number of piperidine rings is 1. The van der Waals surface area contributed by atoms with Gasteiger partial charge in [0.25, 0.3) is 0 Å². The molecule has 5 nitrogen and oxygen atoms in total. The molecule has 1 heterocycles. The number of nitrogens with zero attached hydrogens (tertiary/aromatic N) is 1. The normalized spacial score (nSPS) is 21.9. The molecule has 0 aromatic rings. The Morgan fingerprint density at radius 2 is 1.76 bits per heavy atom. The Hall–Kier alpha value is -0.620. The highest BCUT2D eigenvalue weighted by atomic mass is 32.2. The largest absolute Gasteiger partial charge is 0.342 e. The second kappa shape index (κ2) is 7.58. The molecule has 0 radical (unpaired) electrons. The average molecular weight is 316 g/mol. The lowest BCUT2D eigenvalue weighted by molar-refractivity contribution is -0.129. The second-order valence-corrected chi connectivity index (χ2v) is 8.71. The van der Waals surface area contributed by atoms with Crippen LogP contribution in [0.1, 0.15) is 44.9 Å². The van der Waals surface area contributed by atoms with Gasteiger partial charge in [-0.15, -0.1) is 0 Å². The molecule has 2 aliphatic rings. The van der Waals surface area contributed by atoms with Crippen LogP contribution in [-0.4, -0.2) is 56.9 Å². The van der Waals surface area contributed by atoms with Crippen LogP contribution in [0.3, 0.4) is 0 Å². The van der Waals surface area contributed by atoms with Crippen molar-refractivity contribution in [2.45, 2.75) is 50.2 Å². The van der Waals surface area contributed by atoms with E-state index >= 15 is 0 Å². The minimum absolute atomic E-state index is 0.186. The van der Waals surface area contributed by atoms with Crippen molar-refractivity contribution in [3.63, 3.8) is 0 Å². The fraction of sp³-hybridized carbons (Fsp3) is 0.933. The number of hydrogen-bond donors (Lipinski definition) is 1. The molecule has 122 valence electrons. The lowest BCUT2D eigenvalue weighted by atomic mass is 9.93. The van der Waals surface area contributed by atoms with Gasteiger partial charge in [0, 0.05) is 13.1 Å². The Morgan fingerprint density at radius 1 is 1.14 bits per heavy atom. The minimum atomic E-state index is -3.24. The van der Waals surface area contributed by atoms with Gasteiger partial charge >= 0.3 is 0 Å². The van der Waals surface area contributed by atoms with Crippen molar-refractivity contribution in [2.24, 2.45) is 5.92 Å². The zero-order valence-corrected chi connectivity index (χ0v) is 13.8. The van der Waals surface area contributed by atoms with Crippen LogP contribution in [0.25, 0.3) is 0 Å². The molecule has 1 aliphatic carbocycles. The molecule has 6 heteroatoms. The lowest BCUT2D eigenvalue weighted by Crippen LogP contribution is -2.42. The van der Waals surface area contributed by atoms with Crippen LogP contribution >= 0.6 is 0 Å². The molecule has 1 aliphatic heterocycles. The summed E-state index contributed by atoms with van der Waals surface area (Å²) in [6.45, 7) is 2.44. The van der Waals surface area contributed by atoms with Crippen molar-refractivity contribution >= 4 is 15.7 Å². The van der Waals surface area contributed by atoms with E-state index in [1.165, 1.54) is 0 Å². The van der Waals surface area contributed by atoms with E-state index in [2.05, 4.69) is 5.32 Å². The summed E-state index contributed by atoms with van der Waals surface area (Å²) in [7, 11) is -1.29. The summed E-state index contributed by atoms with van der Waals surface area (Å²) in [6, 6.07) is 0. The molecule has 21 heavy (non-hydrogen) atoms. The van der Waals surface area contributed by atoms with E-state index in [0.29, 0.717) is 19.0 Å². The van der Waals surface area contributed by atoms with Gasteiger partial charge in [0.1, 0.15) is 5.75 Å². The van der Waals surface area contributed by atoms with Gasteiger partial charge in [-0.05, 0) is 51.6 Å². The Labute approximate surface area is 128 Å². The summed E-state index contributed by atoms with van der Waals surface area (Å²) in [5.74, 6) is 0.195. The molecule has 0 aromatic carbocycles. The zero-order chi connectivity index (χ0) is 15.3. The fourth-order valence-corrected chi connectivity index (χ4v) is 5.26. The third-order valence-electron chi connectivity index (χ3n) is 4.90. The molecule has 1 saturated heterocycles. The van der Waals surface area contributed by atoms with E-state index in [4.69, 9.17) is 0 Å². The van der Waals surface area contributed by atoms with Gasteiger partial charge in [-0.3, -0.25) is 4.79 Å². The summed E-state index contributed by atoms with van der Waals surface area (Å²) >= 11 is 0. The number of rotatable bonds is 6. The first-order valence-electron chi connectivity index (χ1n) is 8.17. The average Bonchev–Trinajstić information content (AvgIpc) is 3.00. The molecular weight excluding hydrogens is 288 g/mol. The number of hydrogen-bond acceptors (Lipinski definition) is 4. The highest BCUT2D eigenvalue weighted by Crippen LogP contribution is 2.26. The van der Waals surface area contributed by atoms with E-state index in [0.717, 1.165) is 51.5 Å². The molecule has 0 spiro atoms. The van der Waals surface area contributed by atoms with Crippen LogP contribution in [0.2, 0.25) is 0 Å². The van der Waals surface area contributed by atoms with Crippen LogP contribution in [0.5, 0.6) is 0 Å². The maximum atomic E-state index is 12.2. The molecule has 1 saturated carbocycles. The highest BCUT2D eigenvalue weighted by Gasteiger charge is 2.33. The lowest BCUT2D eigenvalue weighted by Gasteiger charge is -2.32. The fourth-order valence-electron chi connectivity index (χ4n) is 3.45. The van der Waals surface area contributed by atoms with Gasteiger partial charge in [0.05, 0.1) is 5.25 Å². The maximum Gasteiger partial charge on any atom is 0.237 e. The predicted molar refractivity (Wildman–Crippen MR) is 83.9 cm³/mol. The molecule has 0 bridgehead atoms. The summed E-state index contributed by atoms with van der Waals surface area (Å²) in [6.07, 6.45) is 6.57. The van der Waals surface area contributed by atoms with E-state index < -0.39 is 9.84 Å². The molecule has 0 unspecified atom stereocenters. The first-order chi connectivity index (χ1) is 10.0. The minimum Gasteiger partial charge on any atom is -0.342 e. The topological polar surface area (TPSA) is 66.5 Å². The van der Waals surface area contributed by atoms with Crippen LogP contribution in [0.4, 0.5) is 0 Å². The standard InChI is InChI=1S/C15H28N2O3S/c1-16-9-6-13-7-10-17(11-8-13)15(18)12-21(19,20)14-4-2-3-5-14/h13-14,16H,2-12H2,1H3. The van der Waals surface area contributed by atoms with Crippen LogP contribution in [-0.2, 0) is 14.6 Å². The third kappa shape index (κ3) is 4.68. The summed E-state index contributed by atoms with van der Waals surface area (Å²) < 4.78 is 24.5. The summed E-state index contributed by atoms with van der Waals surface area (Å²) in [5, 5.41) is 2.88. The maximum absolute atomic E-state index is 12.2. The van der Waals surface area contributed by atoms with E-state index in [1.54, 1.807) is 4.90 Å². The SMILES string of the molecule is CNCCC1CCN(C(=O)CS(=O)(=O)C2CCCC2)CC1. The van der Waals surface area contributed by atoms with Gasteiger partial charge in [-0.1, -0.05) is 12.8 Å². The number of sulfone groups is 1. The van der Waals surface area contributed by atoms with Crippen LogP contribution in [0.15, 0.2) is 0 Å². The molecule has 2 rings (SSSR count). The number of nitrogens with one attached hydrogen (secondary N) is 1. The van der Waals surface area contributed by atoms with Gasteiger partial charge in [0.15, 0.2) is 9.84 Å². The van der Waals surface area contributed by atoms with E-state index in [9.17, 15) is 13.2 Å². The number of carbonyl (C=O) groups is 1. The quantitative estimate of drug-likeness (QED) is 0.799. The van der Waals surface area contributed by atoms with E-state index in [-0.39, 0.29) is 16.9 Å². The van der Waals surface area contributed by atoms with Crippen LogP contribution < -0.4 is 5.32 Å². The first-order valence-corrected chi connectivity index (χ1v) is 9.88. The highest BCUT2D eigenvalue weighted by molar-refractivity contribution is 7.92. The van der Waals surface area contributed by atoms with Crippen molar-refractivity contribution in [3.05, 3.63) is 0 Å². The van der Waals surface area contributed by atoms with E-state index in [1.807, 2.05) is 7.05 Å². The van der Waals surface area contributed by atoms with Gasteiger partial charge in [-0.25, -0.2) is 8.42 Å². The zero-order valence-electron chi connectivity index (χ0n) is 13.0. The second-order valence-electron chi connectivity index (χ2n) is 6.43. The number of amides is 1. The van der Waals surface area contributed by atoms with Crippen molar-refractivity contribution < 1.29 is 13.2 Å². The number of likely N-dealkylation sites (tertiary alicyclic amines) is 1. The van der Waals surface area contributed by atoms with Gasteiger partial charge in [0.2, 0.25) is 5.91 Å². The molecule has 0 aromatic heterocycles. The summed E-state index contributed by atoms with van der Waals surface area (Å²) in [4.78, 5) is 14.0. The number of carbonyl (C=O) groups excluding carboxylic acids is 1. The van der Waals surface area contributed by atoms with Crippen molar-refractivity contribution in [1.29, 1.82) is 0 Å². The summed E-state index contributed by atoms with van der Waals surface area (Å²) in [5.41, 5.74) is 0. The molecule has 1 N–H and O–H groups in total. The van der Waals surface area contributed by atoms with Crippen molar-refractivity contribution in [3.8, 4) is 0 Å². The van der Waals surface area contributed by atoms with Gasteiger partial charge in [-0.2, -0.15) is 0 Å². The molecule has 0 atom stereocenters. The van der Waals surface area contributed by atoms with Gasteiger partial charge < -0.3 is 10.2 Å². The third-order valence-corrected chi connectivity index (χ3v) is 7.04. The first kappa shape index (κ1) is 16.7. The molecule has 1 amide bonds. The monoisotopic (exact) mass is 316 g/mol. The Morgan fingerprint density at radius 3 is 2.33 bits per heavy atom. The Kier molecular flexibility index (Phi) is 6.05. The molecular formula is C15H28N2O3S. The van der Waals surface area contributed by atoms with Crippen LogP contribution in [0, 0.1) is 5.92 Å². The predicted octanol–water partition coefficient (Wildman–Crippen LogP) is 1.19. The van der Waals surface area contributed by atoms with Crippen molar-refractivity contribution in [2.75, 3.05) is 32.4 Å². The Balaban J connectivity index is 1.79. The smallest absolute Gasteiger partial charge is 0.237 e.